The van der Waals surface area contributed by atoms with E-state index in [4.69, 9.17) is 0 Å². The number of fused-ring (bicyclic) bond motifs is 3. The molecule has 4 fully saturated rings. The molecule has 0 aromatic carbocycles. The molecule has 0 aromatic rings. The molecule has 4 N–H and O–H groups in total. The number of aliphatic hydroxyl groups excluding tert-OH is 2. The normalized spacial score (nSPS) is 55.3. The number of carboxylic acids is 2. The van der Waals surface area contributed by atoms with Crippen LogP contribution in [0.5, 0.6) is 0 Å². The third kappa shape index (κ3) is 1.80. The minimum atomic E-state index is -1.54. The summed E-state index contributed by atoms with van der Waals surface area (Å²) in [5, 5.41) is 41.9. The van der Waals surface area contributed by atoms with E-state index in [-0.39, 0.29) is 11.8 Å². The molecule has 9 unspecified atom stereocenters. The van der Waals surface area contributed by atoms with E-state index in [0.29, 0.717) is 32.1 Å². The molecule has 2 bridgehead atoms. The van der Waals surface area contributed by atoms with Crippen LogP contribution in [-0.2, 0) is 9.59 Å². The molecule has 0 aromatic heterocycles. The van der Waals surface area contributed by atoms with Gasteiger partial charge in [0.1, 0.15) is 0 Å². The Morgan fingerprint density at radius 1 is 1.15 bits per heavy atom. The van der Waals surface area contributed by atoms with Crippen LogP contribution in [-0.4, -0.2) is 44.6 Å². The van der Waals surface area contributed by atoms with Gasteiger partial charge >= 0.3 is 11.9 Å². The van der Waals surface area contributed by atoms with Crippen molar-refractivity contribution in [3.63, 3.8) is 0 Å². The van der Waals surface area contributed by atoms with Gasteiger partial charge in [-0.25, -0.2) is 0 Å². The Morgan fingerprint density at radius 2 is 1.81 bits per heavy atom. The highest BCUT2D eigenvalue weighted by molar-refractivity contribution is 5.80. The summed E-state index contributed by atoms with van der Waals surface area (Å²) in [6.07, 6.45) is 0.869. The Kier molecular flexibility index (Phi) is 3.53. The van der Waals surface area contributed by atoms with Crippen LogP contribution in [0, 0.1) is 39.9 Å². The second kappa shape index (κ2) is 5.10. The Balaban J connectivity index is 1.98. The molecule has 0 aliphatic heterocycles. The van der Waals surface area contributed by atoms with Crippen molar-refractivity contribution in [1.82, 2.24) is 0 Å². The first-order valence-corrected chi connectivity index (χ1v) is 9.50. The highest BCUT2D eigenvalue weighted by Gasteiger charge is 2.78. The summed E-state index contributed by atoms with van der Waals surface area (Å²) in [6.45, 7) is 7.59. The molecule has 4 saturated carbocycles. The van der Waals surface area contributed by atoms with Gasteiger partial charge in [-0.3, -0.25) is 9.59 Å². The van der Waals surface area contributed by atoms with Crippen LogP contribution in [0.3, 0.4) is 0 Å². The quantitative estimate of drug-likeness (QED) is 0.556. The maximum absolute atomic E-state index is 12.5. The molecule has 0 radical (unpaired) electrons. The van der Waals surface area contributed by atoms with Crippen LogP contribution in [0.2, 0.25) is 0 Å². The fraction of sp³-hybridized carbons (Fsp3) is 0.800. The summed E-state index contributed by atoms with van der Waals surface area (Å²) in [7, 11) is 0. The smallest absolute Gasteiger partial charge is 0.312 e. The number of aliphatic carboxylic acids is 2. The molecule has 4 aliphatic carbocycles. The summed E-state index contributed by atoms with van der Waals surface area (Å²) < 4.78 is 0. The molecular formula is C20H28O6. The minimum absolute atomic E-state index is 0.105. The second-order valence-electron chi connectivity index (χ2n) is 9.69. The summed E-state index contributed by atoms with van der Waals surface area (Å²) >= 11 is 0. The molecule has 4 rings (SSSR count). The zero-order chi connectivity index (χ0) is 19.2. The van der Waals surface area contributed by atoms with Crippen molar-refractivity contribution < 1.29 is 30.0 Å². The summed E-state index contributed by atoms with van der Waals surface area (Å²) in [4.78, 5) is 24.7. The number of hydrogen-bond donors (Lipinski definition) is 4. The van der Waals surface area contributed by atoms with Gasteiger partial charge in [-0.2, -0.15) is 0 Å². The Labute approximate surface area is 152 Å². The lowest BCUT2D eigenvalue weighted by Gasteiger charge is -2.53. The van der Waals surface area contributed by atoms with Crippen LogP contribution in [0.15, 0.2) is 12.2 Å². The standard InChI is InChI=1S/C20H28O6/c1-9-7-20-8-10(9)6-11(21)14(20)18(2)5-4-12(22)19(3,17(25)26)15(18)13(20)16(23)24/h10-15,21-22H,1,4-8H2,2-3H3,(H,23,24)(H,25,26). The molecule has 9 atom stereocenters. The molecule has 0 amide bonds. The van der Waals surface area contributed by atoms with E-state index in [9.17, 15) is 30.0 Å². The van der Waals surface area contributed by atoms with Gasteiger partial charge < -0.3 is 20.4 Å². The molecule has 144 valence electrons. The average molecular weight is 364 g/mol. The van der Waals surface area contributed by atoms with Crippen LogP contribution in [0.4, 0.5) is 0 Å². The van der Waals surface area contributed by atoms with Crippen molar-refractivity contribution in [3.05, 3.63) is 12.2 Å². The number of hydrogen-bond acceptors (Lipinski definition) is 4. The Morgan fingerprint density at radius 3 is 2.38 bits per heavy atom. The van der Waals surface area contributed by atoms with Crippen molar-refractivity contribution in [2.24, 2.45) is 39.9 Å². The summed E-state index contributed by atoms with van der Waals surface area (Å²) in [5.41, 5.74) is -1.85. The van der Waals surface area contributed by atoms with E-state index in [1.165, 1.54) is 6.92 Å². The van der Waals surface area contributed by atoms with Crippen molar-refractivity contribution in [3.8, 4) is 0 Å². The predicted molar refractivity (Wildman–Crippen MR) is 92.1 cm³/mol. The van der Waals surface area contributed by atoms with E-state index < -0.39 is 52.2 Å². The van der Waals surface area contributed by atoms with Gasteiger partial charge in [0.2, 0.25) is 0 Å². The van der Waals surface area contributed by atoms with Gasteiger partial charge in [0.25, 0.3) is 0 Å². The minimum Gasteiger partial charge on any atom is -0.481 e. The number of carbonyl (C=O) groups is 2. The number of allylic oxidation sites excluding steroid dienone is 1. The van der Waals surface area contributed by atoms with Crippen molar-refractivity contribution in [2.45, 2.75) is 58.2 Å². The van der Waals surface area contributed by atoms with Gasteiger partial charge in [0.05, 0.1) is 23.5 Å². The van der Waals surface area contributed by atoms with Gasteiger partial charge in [-0.05, 0) is 67.6 Å². The van der Waals surface area contributed by atoms with Crippen LogP contribution >= 0.6 is 0 Å². The van der Waals surface area contributed by atoms with Gasteiger partial charge in [-0.1, -0.05) is 19.1 Å². The summed E-state index contributed by atoms with van der Waals surface area (Å²) in [6, 6.07) is 0. The van der Waals surface area contributed by atoms with E-state index in [0.717, 1.165) is 5.57 Å². The molecule has 6 nitrogen and oxygen atoms in total. The number of aliphatic hydroxyl groups is 2. The van der Waals surface area contributed by atoms with Crippen molar-refractivity contribution >= 4 is 11.9 Å². The molecule has 6 heteroatoms. The first-order valence-electron chi connectivity index (χ1n) is 9.50. The molecule has 1 spiro atoms. The number of rotatable bonds is 2. The molecule has 26 heavy (non-hydrogen) atoms. The molecular weight excluding hydrogens is 336 g/mol. The maximum atomic E-state index is 12.5. The van der Waals surface area contributed by atoms with Crippen molar-refractivity contribution in [1.29, 1.82) is 0 Å². The predicted octanol–water partition coefficient (Wildman–Crippen LogP) is 1.90. The highest BCUT2D eigenvalue weighted by Crippen LogP contribution is 2.77. The van der Waals surface area contributed by atoms with E-state index in [1.807, 2.05) is 6.92 Å². The van der Waals surface area contributed by atoms with Gasteiger partial charge in [0, 0.05) is 0 Å². The van der Waals surface area contributed by atoms with E-state index >= 15 is 0 Å². The van der Waals surface area contributed by atoms with E-state index in [1.54, 1.807) is 0 Å². The fourth-order valence-corrected chi connectivity index (χ4v) is 7.93. The maximum Gasteiger partial charge on any atom is 0.312 e. The largest absolute Gasteiger partial charge is 0.481 e. The highest BCUT2D eigenvalue weighted by atomic mass is 16.4. The van der Waals surface area contributed by atoms with Gasteiger partial charge in [-0.15, -0.1) is 0 Å². The topological polar surface area (TPSA) is 115 Å². The lowest BCUT2D eigenvalue weighted by molar-refractivity contribution is -0.183. The lowest BCUT2D eigenvalue weighted by atomic mass is 9.52. The van der Waals surface area contributed by atoms with Crippen LogP contribution < -0.4 is 0 Å². The fourth-order valence-electron chi connectivity index (χ4n) is 7.93. The third-order valence-corrected chi connectivity index (χ3v) is 8.69. The van der Waals surface area contributed by atoms with Crippen LogP contribution in [0.1, 0.15) is 46.0 Å². The monoisotopic (exact) mass is 364 g/mol. The van der Waals surface area contributed by atoms with Crippen LogP contribution in [0.25, 0.3) is 0 Å². The molecule has 4 aliphatic rings. The molecule has 0 saturated heterocycles. The zero-order valence-electron chi connectivity index (χ0n) is 15.3. The first-order chi connectivity index (χ1) is 12.0. The lowest BCUT2D eigenvalue weighted by Crippen LogP contribution is -2.57. The Bertz CT molecular complexity index is 702. The van der Waals surface area contributed by atoms with Crippen molar-refractivity contribution in [2.75, 3.05) is 0 Å². The number of carboxylic acid groups (broad SMARTS) is 2. The Hall–Kier alpha value is -1.40. The molecule has 0 heterocycles. The van der Waals surface area contributed by atoms with E-state index in [2.05, 4.69) is 6.58 Å². The third-order valence-electron chi connectivity index (χ3n) is 8.69. The summed E-state index contributed by atoms with van der Waals surface area (Å²) in [5.74, 6) is -3.95. The van der Waals surface area contributed by atoms with Gasteiger partial charge in [0.15, 0.2) is 0 Å². The first kappa shape index (κ1) is 18.0. The SMILES string of the molecule is C=C1CC23CC1CC(O)C2C1(C)CCC(O)C(C)(C(=O)O)C1C3C(=O)O. The second-order valence-corrected chi connectivity index (χ2v) is 9.69. The zero-order valence-corrected chi connectivity index (χ0v) is 15.3. The average Bonchev–Trinajstić information content (AvgIpc) is 2.92.